The molecule has 1 amide bonds. The maximum atomic E-state index is 12.3. The number of carbonyl (C=O) groups is 1. The van der Waals surface area contributed by atoms with E-state index in [4.69, 9.17) is 5.21 Å². The smallest absolute Gasteiger partial charge is 0.387 e. The van der Waals surface area contributed by atoms with Crippen LogP contribution >= 0.6 is 0 Å². The molecule has 0 aromatic heterocycles. The van der Waals surface area contributed by atoms with Gasteiger partial charge in [0.15, 0.2) is 0 Å². The van der Waals surface area contributed by atoms with Crippen molar-refractivity contribution >= 4 is 28.7 Å². The number of hydrogen-bond donors (Lipinski definition) is 3. The summed E-state index contributed by atoms with van der Waals surface area (Å²) in [6.07, 6.45) is 2.57. The predicted octanol–water partition coefficient (Wildman–Crippen LogP) is 2.94. The maximum Gasteiger partial charge on any atom is 0.387 e. The van der Waals surface area contributed by atoms with E-state index in [1.54, 1.807) is 24.3 Å². The van der Waals surface area contributed by atoms with E-state index in [2.05, 4.69) is 9.46 Å². The van der Waals surface area contributed by atoms with Crippen molar-refractivity contribution in [2.75, 3.05) is 4.72 Å². The largest absolute Gasteiger partial charge is 0.435 e. The molecule has 132 valence electrons. The molecule has 1 unspecified atom stereocenters. The molecule has 0 spiro atoms. The number of hydroxylamine groups is 1. The summed E-state index contributed by atoms with van der Waals surface area (Å²) in [5, 5.41) is 8.43. The van der Waals surface area contributed by atoms with Crippen LogP contribution in [-0.2, 0) is 15.8 Å². The Labute approximate surface area is 144 Å². The van der Waals surface area contributed by atoms with Crippen LogP contribution in [0.4, 0.5) is 14.5 Å². The van der Waals surface area contributed by atoms with Gasteiger partial charge in [-0.1, -0.05) is 12.1 Å². The normalized spacial score (nSPS) is 12.2. The number of anilines is 1. The van der Waals surface area contributed by atoms with E-state index in [9.17, 15) is 17.8 Å². The Morgan fingerprint density at radius 3 is 2.56 bits per heavy atom. The van der Waals surface area contributed by atoms with Crippen LogP contribution in [-0.4, -0.2) is 21.9 Å². The topological polar surface area (TPSA) is 87.7 Å². The number of nitrogens with one attached hydrogen (secondary N) is 2. The molecule has 6 nitrogen and oxygen atoms in total. The molecule has 0 heterocycles. The SMILES string of the molecule is O=C(/C=C/c1cccc(S(=O)Nc2ccc(OC(F)F)cc2)c1)NO. The Kier molecular flexibility index (Phi) is 6.61. The average molecular weight is 368 g/mol. The Bertz CT molecular complexity index is 782. The summed E-state index contributed by atoms with van der Waals surface area (Å²) in [6, 6.07) is 12.2. The van der Waals surface area contributed by atoms with Crippen molar-refractivity contribution in [1.82, 2.24) is 5.48 Å². The quantitative estimate of drug-likeness (QED) is 0.398. The van der Waals surface area contributed by atoms with Gasteiger partial charge in [0.25, 0.3) is 5.91 Å². The molecule has 2 aromatic carbocycles. The first kappa shape index (κ1) is 18.6. The number of amides is 1. The molecule has 0 aliphatic rings. The molecule has 0 saturated heterocycles. The third-order valence-electron chi connectivity index (χ3n) is 2.90. The van der Waals surface area contributed by atoms with E-state index in [0.717, 1.165) is 6.08 Å². The fourth-order valence-corrected chi connectivity index (χ4v) is 2.73. The number of rotatable bonds is 7. The van der Waals surface area contributed by atoms with Crippen LogP contribution in [0, 0.1) is 0 Å². The second-order valence-corrected chi connectivity index (χ2v) is 5.87. The monoisotopic (exact) mass is 368 g/mol. The minimum absolute atomic E-state index is 0.000580. The summed E-state index contributed by atoms with van der Waals surface area (Å²) < 4.78 is 43.5. The van der Waals surface area contributed by atoms with Gasteiger partial charge in [-0.25, -0.2) is 9.69 Å². The number of alkyl halides is 2. The molecular formula is C16H14F2N2O4S. The lowest BCUT2D eigenvalue weighted by Gasteiger charge is -2.08. The summed E-state index contributed by atoms with van der Waals surface area (Å²) in [5.41, 5.74) is 2.53. The number of hydrogen-bond acceptors (Lipinski definition) is 4. The molecule has 25 heavy (non-hydrogen) atoms. The average Bonchev–Trinajstić information content (AvgIpc) is 2.61. The molecule has 0 fully saturated rings. The first-order valence-electron chi connectivity index (χ1n) is 6.93. The maximum absolute atomic E-state index is 12.3. The summed E-state index contributed by atoms with van der Waals surface area (Å²) in [6.45, 7) is -2.91. The minimum Gasteiger partial charge on any atom is -0.435 e. The van der Waals surface area contributed by atoms with Crippen LogP contribution < -0.4 is 14.9 Å². The van der Waals surface area contributed by atoms with Crippen molar-refractivity contribution in [3.63, 3.8) is 0 Å². The van der Waals surface area contributed by atoms with Crippen LogP contribution in [0.25, 0.3) is 6.08 Å². The highest BCUT2D eigenvalue weighted by Gasteiger charge is 2.07. The first-order chi connectivity index (χ1) is 12.0. The zero-order valence-corrected chi connectivity index (χ0v) is 13.5. The van der Waals surface area contributed by atoms with Gasteiger partial charge in [0.1, 0.15) is 16.7 Å². The van der Waals surface area contributed by atoms with Gasteiger partial charge in [-0.05, 0) is 48.0 Å². The highest BCUT2D eigenvalue weighted by molar-refractivity contribution is 7.86. The van der Waals surface area contributed by atoms with Crippen molar-refractivity contribution < 1.29 is 27.7 Å². The molecule has 0 bridgehead atoms. The Morgan fingerprint density at radius 2 is 1.92 bits per heavy atom. The van der Waals surface area contributed by atoms with Gasteiger partial charge in [0, 0.05) is 11.8 Å². The third kappa shape index (κ3) is 5.98. The first-order valence-corrected chi connectivity index (χ1v) is 8.08. The van der Waals surface area contributed by atoms with Crippen LogP contribution in [0.15, 0.2) is 59.5 Å². The molecule has 3 N–H and O–H groups in total. The fourth-order valence-electron chi connectivity index (χ4n) is 1.81. The van der Waals surface area contributed by atoms with Crippen molar-refractivity contribution in [3.8, 4) is 5.75 Å². The minimum atomic E-state index is -2.91. The van der Waals surface area contributed by atoms with E-state index in [-0.39, 0.29) is 5.75 Å². The van der Waals surface area contributed by atoms with Crippen molar-refractivity contribution in [2.45, 2.75) is 11.5 Å². The lowest BCUT2D eigenvalue weighted by Crippen LogP contribution is -2.14. The van der Waals surface area contributed by atoms with E-state index < -0.39 is 23.5 Å². The van der Waals surface area contributed by atoms with E-state index >= 15 is 0 Å². The molecule has 9 heteroatoms. The standard InChI is InChI=1S/C16H14F2N2O4S/c17-16(18)24-13-7-5-12(6-8-13)20-25(23)14-3-1-2-11(10-14)4-9-15(21)19-22/h1-10,16,20,22H,(H,19,21)/b9-4+. The van der Waals surface area contributed by atoms with E-state index in [1.165, 1.54) is 35.8 Å². The van der Waals surface area contributed by atoms with Gasteiger partial charge in [0.05, 0.1) is 4.90 Å². The zero-order chi connectivity index (χ0) is 18.2. The summed E-state index contributed by atoms with van der Waals surface area (Å²) in [7, 11) is -1.60. The van der Waals surface area contributed by atoms with Gasteiger partial charge < -0.3 is 9.46 Å². The molecule has 1 atom stereocenters. The number of ether oxygens (including phenoxy) is 1. The Balaban J connectivity index is 2.05. The predicted molar refractivity (Wildman–Crippen MR) is 88.5 cm³/mol. The van der Waals surface area contributed by atoms with Crippen LogP contribution in [0.2, 0.25) is 0 Å². The van der Waals surface area contributed by atoms with E-state index in [1.807, 2.05) is 0 Å². The van der Waals surface area contributed by atoms with Crippen LogP contribution in [0.1, 0.15) is 5.56 Å². The highest BCUT2D eigenvalue weighted by Crippen LogP contribution is 2.20. The molecular weight excluding hydrogens is 354 g/mol. The summed E-state index contributed by atoms with van der Waals surface area (Å²) in [5.74, 6) is -0.684. The molecule has 0 aliphatic carbocycles. The van der Waals surface area contributed by atoms with Crippen molar-refractivity contribution in [1.29, 1.82) is 0 Å². The number of halogens is 2. The molecule has 2 aromatic rings. The zero-order valence-electron chi connectivity index (χ0n) is 12.7. The molecule has 2 rings (SSSR count). The van der Waals surface area contributed by atoms with Gasteiger partial charge in [-0.2, -0.15) is 8.78 Å². The van der Waals surface area contributed by atoms with E-state index in [0.29, 0.717) is 16.1 Å². The molecule has 0 saturated carbocycles. The number of carbonyl (C=O) groups excluding carboxylic acids is 1. The van der Waals surface area contributed by atoms with Crippen LogP contribution in [0.3, 0.4) is 0 Å². The molecule has 0 radical (unpaired) electrons. The number of benzene rings is 2. The van der Waals surface area contributed by atoms with Crippen LogP contribution in [0.5, 0.6) is 5.75 Å². The fraction of sp³-hybridized carbons (Fsp3) is 0.0625. The highest BCUT2D eigenvalue weighted by atomic mass is 32.2. The molecule has 0 aliphatic heterocycles. The van der Waals surface area contributed by atoms with Crippen molar-refractivity contribution in [2.24, 2.45) is 0 Å². The second-order valence-electron chi connectivity index (χ2n) is 4.66. The Hall–Kier alpha value is -2.78. The van der Waals surface area contributed by atoms with Gasteiger partial charge in [-0.3, -0.25) is 10.0 Å². The Morgan fingerprint density at radius 1 is 1.20 bits per heavy atom. The lowest BCUT2D eigenvalue weighted by atomic mass is 10.2. The second kappa shape index (κ2) is 8.90. The van der Waals surface area contributed by atoms with Crippen molar-refractivity contribution in [3.05, 3.63) is 60.2 Å². The van der Waals surface area contributed by atoms with Gasteiger partial charge in [-0.15, -0.1) is 0 Å². The third-order valence-corrected chi connectivity index (χ3v) is 4.00. The van der Waals surface area contributed by atoms with Gasteiger partial charge in [0.2, 0.25) is 0 Å². The summed E-state index contributed by atoms with van der Waals surface area (Å²) >= 11 is 0. The lowest BCUT2D eigenvalue weighted by molar-refractivity contribution is -0.124. The summed E-state index contributed by atoms with van der Waals surface area (Å²) in [4.78, 5) is 11.4. The van der Waals surface area contributed by atoms with Gasteiger partial charge >= 0.3 is 6.61 Å².